The molecule has 8 nitrogen and oxygen atoms in total. The lowest BCUT2D eigenvalue weighted by molar-refractivity contribution is -0.131. The largest absolute Gasteiger partial charge is 0.378 e. The van der Waals surface area contributed by atoms with E-state index in [1.807, 2.05) is 76.3 Å². The number of rotatable bonds is 22. The zero-order valence-electron chi connectivity index (χ0n) is 28.6. The van der Waals surface area contributed by atoms with E-state index in [1.165, 1.54) is 0 Å². The maximum atomic E-state index is 12.7. The smallest absolute Gasteiger partial charge is 0.225 e. The fourth-order valence-electron chi connectivity index (χ4n) is 3.88. The van der Waals surface area contributed by atoms with Gasteiger partial charge in [-0.2, -0.15) is 0 Å². The summed E-state index contributed by atoms with van der Waals surface area (Å²) in [7, 11) is 1.92. The maximum Gasteiger partial charge on any atom is 0.225 e. The van der Waals surface area contributed by atoms with Crippen LogP contribution in [0.5, 0.6) is 0 Å². The second-order valence-corrected chi connectivity index (χ2v) is 12.8. The van der Waals surface area contributed by atoms with E-state index in [2.05, 4.69) is 29.8 Å². The lowest BCUT2D eigenvalue weighted by Gasteiger charge is -2.30. The Morgan fingerprint density at radius 3 is 1.77 bits per heavy atom. The lowest BCUT2D eigenvalue weighted by atomic mass is 9.99. The number of ether oxygens (including phenoxy) is 3. The van der Waals surface area contributed by atoms with Crippen LogP contribution in [0.25, 0.3) is 0 Å². The van der Waals surface area contributed by atoms with Crippen LogP contribution in [0, 0.1) is 5.92 Å². The van der Waals surface area contributed by atoms with Gasteiger partial charge in [-0.1, -0.05) is 34.1 Å². The molecular formula is C32H67N3O5. The highest BCUT2D eigenvalue weighted by molar-refractivity contribution is 5.79. The summed E-state index contributed by atoms with van der Waals surface area (Å²) in [4.78, 5) is 25.2. The summed E-state index contributed by atoms with van der Waals surface area (Å²) < 4.78 is 17.8. The van der Waals surface area contributed by atoms with Crippen molar-refractivity contribution in [2.24, 2.45) is 5.92 Å². The molecule has 0 aliphatic rings. The van der Waals surface area contributed by atoms with Gasteiger partial charge in [0, 0.05) is 30.7 Å². The SMILES string of the molecule is CC.CCCC(C)OCCC(C)(C)NC(=O)CCC(C)OCCC(C)(C)NC(=O)C(C)COC(C)(C)CCNC. The number of amides is 2. The molecule has 0 aromatic rings. The van der Waals surface area contributed by atoms with Gasteiger partial charge >= 0.3 is 0 Å². The molecule has 3 unspecified atom stereocenters. The molecule has 240 valence electrons. The van der Waals surface area contributed by atoms with Crippen molar-refractivity contribution in [2.75, 3.05) is 33.4 Å². The molecule has 0 radical (unpaired) electrons. The fraction of sp³-hybridized carbons (Fsp3) is 0.938. The Kier molecular flexibility index (Phi) is 22.0. The first-order valence-corrected chi connectivity index (χ1v) is 15.7. The summed E-state index contributed by atoms with van der Waals surface area (Å²) in [6.45, 7) is 26.7. The van der Waals surface area contributed by atoms with E-state index < -0.39 is 5.54 Å². The van der Waals surface area contributed by atoms with E-state index in [4.69, 9.17) is 14.2 Å². The molecule has 8 heteroatoms. The molecule has 0 fully saturated rings. The Labute approximate surface area is 247 Å². The average molecular weight is 574 g/mol. The van der Waals surface area contributed by atoms with E-state index >= 15 is 0 Å². The van der Waals surface area contributed by atoms with Gasteiger partial charge in [-0.3, -0.25) is 9.59 Å². The van der Waals surface area contributed by atoms with Gasteiger partial charge in [-0.25, -0.2) is 0 Å². The molecule has 0 saturated heterocycles. The molecular weight excluding hydrogens is 506 g/mol. The predicted octanol–water partition coefficient (Wildman–Crippen LogP) is 6.01. The summed E-state index contributed by atoms with van der Waals surface area (Å²) in [5.41, 5.74) is -0.976. The van der Waals surface area contributed by atoms with Crippen LogP contribution in [0.4, 0.5) is 0 Å². The first kappa shape index (κ1) is 40.9. The van der Waals surface area contributed by atoms with Gasteiger partial charge in [0.1, 0.15) is 0 Å². The summed E-state index contributed by atoms with van der Waals surface area (Å²) in [5, 5.41) is 9.39. The van der Waals surface area contributed by atoms with Crippen LogP contribution in [-0.4, -0.2) is 74.1 Å². The van der Waals surface area contributed by atoms with Crippen molar-refractivity contribution >= 4 is 11.8 Å². The van der Waals surface area contributed by atoms with Crippen molar-refractivity contribution in [3.8, 4) is 0 Å². The number of carbonyl (C=O) groups is 2. The minimum atomic E-state index is -0.398. The molecule has 0 spiro atoms. The number of carbonyl (C=O) groups excluding carboxylic acids is 2. The van der Waals surface area contributed by atoms with Crippen LogP contribution < -0.4 is 16.0 Å². The second-order valence-electron chi connectivity index (χ2n) is 12.8. The average Bonchev–Trinajstić information content (AvgIpc) is 2.85. The molecule has 0 saturated carbocycles. The molecule has 0 aliphatic heterocycles. The van der Waals surface area contributed by atoms with Crippen LogP contribution in [0.3, 0.4) is 0 Å². The van der Waals surface area contributed by atoms with Crippen molar-refractivity contribution in [1.82, 2.24) is 16.0 Å². The monoisotopic (exact) mass is 574 g/mol. The highest BCUT2D eigenvalue weighted by atomic mass is 16.5. The molecule has 0 aliphatic carbocycles. The Hall–Kier alpha value is -1.22. The third-order valence-corrected chi connectivity index (χ3v) is 6.82. The minimum absolute atomic E-state index is 0.0167. The first-order valence-electron chi connectivity index (χ1n) is 15.7. The maximum absolute atomic E-state index is 12.7. The van der Waals surface area contributed by atoms with E-state index in [1.54, 1.807) is 0 Å². The van der Waals surface area contributed by atoms with Crippen LogP contribution in [0.15, 0.2) is 0 Å². The van der Waals surface area contributed by atoms with Gasteiger partial charge < -0.3 is 30.2 Å². The third kappa shape index (κ3) is 22.5. The normalized spacial score (nSPS) is 14.5. The van der Waals surface area contributed by atoms with Gasteiger partial charge in [0.15, 0.2) is 0 Å². The molecule has 0 aromatic carbocycles. The van der Waals surface area contributed by atoms with Gasteiger partial charge in [-0.15, -0.1) is 0 Å². The zero-order valence-corrected chi connectivity index (χ0v) is 28.6. The van der Waals surface area contributed by atoms with Gasteiger partial charge in [0.25, 0.3) is 0 Å². The Morgan fingerprint density at radius 1 is 0.775 bits per heavy atom. The molecule has 2 amide bonds. The van der Waals surface area contributed by atoms with Crippen molar-refractivity contribution in [2.45, 2.75) is 157 Å². The Balaban J connectivity index is 0. The molecule has 0 bridgehead atoms. The van der Waals surface area contributed by atoms with Crippen LogP contribution in [0.1, 0.15) is 128 Å². The number of hydrogen-bond donors (Lipinski definition) is 3. The summed E-state index contributed by atoms with van der Waals surface area (Å²) in [5.74, 6) is -0.223. The Bertz CT molecular complexity index is 667. The van der Waals surface area contributed by atoms with Crippen LogP contribution in [-0.2, 0) is 23.8 Å². The lowest BCUT2D eigenvalue weighted by Crippen LogP contribution is -2.47. The highest BCUT2D eigenvalue weighted by Crippen LogP contribution is 2.17. The van der Waals surface area contributed by atoms with Gasteiger partial charge in [0.05, 0.1) is 30.3 Å². The summed E-state index contributed by atoms with van der Waals surface area (Å²) in [6.07, 6.45) is 5.78. The predicted molar refractivity (Wildman–Crippen MR) is 168 cm³/mol. The van der Waals surface area contributed by atoms with E-state index in [0.29, 0.717) is 39.1 Å². The molecule has 0 heterocycles. The van der Waals surface area contributed by atoms with Crippen molar-refractivity contribution < 1.29 is 23.8 Å². The quantitative estimate of drug-likeness (QED) is 0.147. The van der Waals surface area contributed by atoms with Crippen LogP contribution >= 0.6 is 0 Å². The van der Waals surface area contributed by atoms with Gasteiger partial charge in [-0.05, 0) is 101 Å². The standard InChI is InChI=1S/C30H61N3O5.C2H6/c1-12-13-24(3)36-20-17-28(5,6)32-26(34)15-14-25(4)37-21-18-29(7,8)33-27(35)23(2)22-38-30(9,10)16-19-31-11;1-2/h23-25,31H,12-22H2,1-11H3,(H,32,34)(H,33,35);1-2H3. The molecule has 3 atom stereocenters. The second kappa shape index (κ2) is 21.5. The Morgan fingerprint density at radius 2 is 1.27 bits per heavy atom. The molecule has 3 N–H and O–H groups in total. The highest BCUT2D eigenvalue weighted by Gasteiger charge is 2.26. The minimum Gasteiger partial charge on any atom is -0.378 e. The third-order valence-electron chi connectivity index (χ3n) is 6.82. The number of hydrogen-bond acceptors (Lipinski definition) is 6. The molecule has 0 rings (SSSR count). The first-order chi connectivity index (χ1) is 18.5. The fourth-order valence-corrected chi connectivity index (χ4v) is 3.88. The summed E-state index contributed by atoms with van der Waals surface area (Å²) in [6, 6.07) is 0. The van der Waals surface area contributed by atoms with E-state index in [9.17, 15) is 9.59 Å². The van der Waals surface area contributed by atoms with E-state index in [-0.39, 0.29) is 41.1 Å². The number of nitrogens with one attached hydrogen (secondary N) is 3. The molecule has 0 aromatic heterocycles. The van der Waals surface area contributed by atoms with Crippen molar-refractivity contribution in [3.05, 3.63) is 0 Å². The van der Waals surface area contributed by atoms with Crippen molar-refractivity contribution in [1.29, 1.82) is 0 Å². The zero-order chi connectivity index (χ0) is 31.4. The molecule has 40 heavy (non-hydrogen) atoms. The van der Waals surface area contributed by atoms with Gasteiger partial charge in [0.2, 0.25) is 11.8 Å². The van der Waals surface area contributed by atoms with Crippen LogP contribution in [0.2, 0.25) is 0 Å². The van der Waals surface area contributed by atoms with E-state index in [0.717, 1.165) is 32.2 Å². The van der Waals surface area contributed by atoms with Crippen molar-refractivity contribution in [3.63, 3.8) is 0 Å². The topological polar surface area (TPSA) is 97.9 Å². The summed E-state index contributed by atoms with van der Waals surface area (Å²) >= 11 is 0.